The molecular formula is CCl2CoO. The zero-order valence-corrected chi connectivity index (χ0v) is 4.55. The molecule has 0 saturated heterocycles. The molecular weight excluding hydrogens is 158 g/mol. The standard InChI is InChI=1S/CO.2ClH.Co/c1-2;;;/h;2*1H;/q;;;+2/p-2. The van der Waals surface area contributed by atoms with Gasteiger partial charge in [0.25, 0.3) is 6.79 Å². The molecule has 0 aliphatic rings. The van der Waals surface area contributed by atoms with Crippen LogP contribution in [0.25, 0.3) is 0 Å². The Hall–Kier alpha value is 0.756. The van der Waals surface area contributed by atoms with Crippen LogP contribution in [0, 0.1) is 0 Å². The Morgan fingerprint density at radius 1 is 1.00 bits per heavy atom. The van der Waals surface area contributed by atoms with Crippen molar-refractivity contribution < 1.29 is 46.4 Å². The Labute approximate surface area is 53.5 Å². The van der Waals surface area contributed by atoms with Crippen LogP contribution in [0.15, 0.2) is 0 Å². The Bertz CT molecular complexity index is 9.61. The second-order valence-corrected chi connectivity index (χ2v) is 0. The first-order chi connectivity index (χ1) is 1.00. The molecule has 0 rings (SSSR count). The zero-order valence-electron chi connectivity index (χ0n) is 2.00. The van der Waals surface area contributed by atoms with Gasteiger partial charge in [-0.2, -0.15) is 0 Å². The van der Waals surface area contributed by atoms with Crippen molar-refractivity contribution in [3.8, 4) is 0 Å². The molecule has 4 heteroatoms. The quantitative estimate of drug-likeness (QED) is 0.342. The van der Waals surface area contributed by atoms with Crippen molar-refractivity contribution in [3.63, 3.8) is 0 Å². The van der Waals surface area contributed by atoms with Crippen LogP contribution in [0.3, 0.4) is 0 Å². The molecule has 0 fully saturated rings. The number of hydrogen-bond acceptors (Lipinski definition) is 1. The van der Waals surface area contributed by atoms with Gasteiger partial charge in [0.05, 0.1) is 0 Å². The second kappa shape index (κ2) is 117. The van der Waals surface area contributed by atoms with E-state index in [1.807, 2.05) is 0 Å². The summed E-state index contributed by atoms with van der Waals surface area (Å²) in [7, 11) is 0. The van der Waals surface area contributed by atoms with E-state index >= 15 is 0 Å². The van der Waals surface area contributed by atoms with E-state index in [4.69, 9.17) is 4.79 Å². The summed E-state index contributed by atoms with van der Waals surface area (Å²) in [5.41, 5.74) is 0. The van der Waals surface area contributed by atoms with E-state index < -0.39 is 0 Å². The van der Waals surface area contributed by atoms with E-state index in [-0.39, 0.29) is 41.6 Å². The smallest absolute Gasteiger partial charge is 1.00 e. The van der Waals surface area contributed by atoms with Crippen molar-refractivity contribution in [2.24, 2.45) is 0 Å². The Morgan fingerprint density at radius 3 is 1.00 bits per heavy atom. The van der Waals surface area contributed by atoms with Gasteiger partial charge >= 0.3 is 16.8 Å². The van der Waals surface area contributed by atoms with Crippen molar-refractivity contribution >= 4 is 6.79 Å². The number of rotatable bonds is 0. The van der Waals surface area contributed by atoms with Crippen molar-refractivity contribution in [1.29, 1.82) is 0 Å². The van der Waals surface area contributed by atoms with Crippen molar-refractivity contribution in [2.75, 3.05) is 0 Å². The predicted molar refractivity (Wildman–Crippen MR) is 5.69 cm³/mol. The minimum atomic E-state index is 0. The summed E-state index contributed by atoms with van der Waals surface area (Å²) < 4.78 is 0. The van der Waals surface area contributed by atoms with Gasteiger partial charge in [-0.25, -0.2) is 0 Å². The Morgan fingerprint density at radius 2 is 1.00 bits per heavy atom. The normalized spacial score (nSPS) is 0.800. The summed E-state index contributed by atoms with van der Waals surface area (Å²) in [6.07, 6.45) is 0. The van der Waals surface area contributed by atoms with E-state index in [9.17, 15) is 0 Å². The third kappa shape index (κ3) is 63.2. The summed E-state index contributed by atoms with van der Waals surface area (Å²) in [5, 5.41) is 0. The molecule has 0 bridgehead atoms. The monoisotopic (exact) mass is 157 g/mol. The molecule has 0 amide bonds. The molecule has 0 atom stereocenters. The number of halogens is 2. The molecule has 33 valence electrons. The SMILES string of the molecule is [C]=O.[Cl-].[Cl-].[Co+2]. The van der Waals surface area contributed by atoms with E-state index in [2.05, 4.69) is 6.79 Å². The molecule has 5 heavy (non-hydrogen) atoms. The number of carbonyl (C=O) groups excluding carboxylic acids is 1. The largest absolute Gasteiger partial charge is 2.00 e. The fraction of sp³-hybridized carbons (Fsp3) is 0. The van der Waals surface area contributed by atoms with Crippen LogP contribution in [-0.2, 0) is 21.6 Å². The van der Waals surface area contributed by atoms with Gasteiger partial charge < -0.3 is 24.8 Å². The van der Waals surface area contributed by atoms with E-state index in [0.29, 0.717) is 0 Å². The average molecular weight is 158 g/mol. The minimum absolute atomic E-state index is 0. The molecule has 0 unspecified atom stereocenters. The molecule has 0 spiro atoms. The van der Waals surface area contributed by atoms with E-state index in [1.54, 1.807) is 0 Å². The van der Waals surface area contributed by atoms with E-state index in [1.165, 1.54) is 0 Å². The van der Waals surface area contributed by atoms with Crippen LogP contribution in [0.1, 0.15) is 0 Å². The van der Waals surface area contributed by atoms with Gasteiger partial charge in [0, 0.05) is 0 Å². The minimum Gasteiger partial charge on any atom is -1.00 e. The predicted octanol–water partition coefficient (Wildman–Crippen LogP) is -6.39. The first-order valence-corrected chi connectivity index (χ1v) is 0.204. The van der Waals surface area contributed by atoms with Gasteiger partial charge in [-0.1, -0.05) is 0 Å². The Kier molecular flexibility index (Phi) is 990. The van der Waals surface area contributed by atoms with Gasteiger partial charge in [-0.3, -0.25) is 4.79 Å². The molecule has 3 radical (unpaired) electrons. The first-order valence-electron chi connectivity index (χ1n) is 0.204. The maximum absolute atomic E-state index is 7.50. The van der Waals surface area contributed by atoms with Crippen LogP contribution in [0.2, 0.25) is 0 Å². The fourth-order valence-corrected chi connectivity index (χ4v) is 0. The molecule has 0 aromatic heterocycles. The van der Waals surface area contributed by atoms with Crippen molar-refractivity contribution in [3.05, 3.63) is 0 Å². The van der Waals surface area contributed by atoms with Crippen LogP contribution < -0.4 is 24.8 Å². The number of hydrogen-bond donors (Lipinski definition) is 0. The van der Waals surface area contributed by atoms with Gasteiger partial charge in [0.2, 0.25) is 0 Å². The second-order valence-electron chi connectivity index (χ2n) is 0. The van der Waals surface area contributed by atoms with Gasteiger partial charge in [0.1, 0.15) is 0 Å². The molecule has 0 aromatic rings. The van der Waals surface area contributed by atoms with Gasteiger partial charge in [-0.05, 0) is 0 Å². The topological polar surface area (TPSA) is 17.1 Å². The maximum Gasteiger partial charge on any atom is 2.00 e. The van der Waals surface area contributed by atoms with Gasteiger partial charge in [-0.15, -0.1) is 0 Å². The third-order valence-corrected chi connectivity index (χ3v) is 0. The van der Waals surface area contributed by atoms with Crippen LogP contribution >= 0.6 is 0 Å². The third-order valence-electron chi connectivity index (χ3n) is 0. The summed E-state index contributed by atoms with van der Waals surface area (Å²) >= 11 is 0. The van der Waals surface area contributed by atoms with Crippen LogP contribution in [-0.4, -0.2) is 6.79 Å². The zero-order chi connectivity index (χ0) is 2.00. The molecule has 0 aliphatic carbocycles. The summed E-state index contributed by atoms with van der Waals surface area (Å²) in [4.78, 5) is 7.50. The fourth-order valence-electron chi connectivity index (χ4n) is 0. The molecule has 0 heterocycles. The first kappa shape index (κ1) is 42.2. The molecule has 0 N–H and O–H groups in total. The maximum atomic E-state index is 7.50. The van der Waals surface area contributed by atoms with Crippen molar-refractivity contribution in [2.45, 2.75) is 0 Å². The van der Waals surface area contributed by atoms with Crippen LogP contribution in [0.5, 0.6) is 0 Å². The molecule has 0 aliphatic heterocycles. The average Bonchev–Trinajstić information content (AvgIpc) is 1.00. The van der Waals surface area contributed by atoms with Crippen molar-refractivity contribution in [1.82, 2.24) is 0 Å². The summed E-state index contributed by atoms with van der Waals surface area (Å²) in [5.74, 6) is 0. The molecule has 1 nitrogen and oxygen atoms in total. The van der Waals surface area contributed by atoms with E-state index in [0.717, 1.165) is 0 Å². The molecule has 0 saturated carbocycles. The summed E-state index contributed by atoms with van der Waals surface area (Å²) in [6, 6.07) is 0. The summed E-state index contributed by atoms with van der Waals surface area (Å²) in [6.45, 7) is 4.50. The van der Waals surface area contributed by atoms with Crippen LogP contribution in [0.4, 0.5) is 0 Å². The Balaban J connectivity index is -0.00000000167. The van der Waals surface area contributed by atoms with Gasteiger partial charge in [0.15, 0.2) is 0 Å². The molecule has 0 aromatic carbocycles.